The number of benzene rings is 1. The number of amides is 1. The van der Waals surface area contributed by atoms with Crippen LogP contribution < -0.4 is 10.1 Å². The van der Waals surface area contributed by atoms with Crippen LogP contribution in [0.5, 0.6) is 11.5 Å². The van der Waals surface area contributed by atoms with E-state index >= 15 is 0 Å². The molecule has 1 aliphatic heterocycles. The Morgan fingerprint density at radius 3 is 2.46 bits per heavy atom. The molecular weight excluding hydrogens is 328 g/mol. The van der Waals surface area contributed by atoms with E-state index in [1.807, 2.05) is 0 Å². The number of nitrogens with one attached hydrogen (secondary N) is 1. The van der Waals surface area contributed by atoms with Crippen LogP contribution in [-0.4, -0.2) is 47.7 Å². The Balaban J connectivity index is 2.00. The summed E-state index contributed by atoms with van der Waals surface area (Å²) in [7, 11) is 0. The summed E-state index contributed by atoms with van der Waals surface area (Å²) in [5, 5.41) is 13.0. The average molecular weight is 363 g/mol. The predicted molar refractivity (Wildman–Crippen MR) is 105 cm³/mol. The average Bonchev–Trinajstić information content (AvgIpc) is 2.80. The zero-order chi connectivity index (χ0) is 19.2. The largest absolute Gasteiger partial charge is 0.508 e. The molecule has 1 fully saturated rings. The number of rotatable bonds is 7. The van der Waals surface area contributed by atoms with Crippen LogP contribution in [0.3, 0.4) is 0 Å². The van der Waals surface area contributed by atoms with Gasteiger partial charge in [0.1, 0.15) is 11.5 Å². The maximum atomic E-state index is 12.7. The summed E-state index contributed by atoms with van der Waals surface area (Å²) in [6.07, 6.45) is 5.05. The summed E-state index contributed by atoms with van der Waals surface area (Å²) >= 11 is 0. The first kappa shape index (κ1) is 20.6. The van der Waals surface area contributed by atoms with Crippen molar-refractivity contribution in [1.82, 2.24) is 10.2 Å². The third-order valence-electron chi connectivity index (χ3n) is 4.51. The van der Waals surface area contributed by atoms with Crippen LogP contribution in [0.15, 0.2) is 18.2 Å². The van der Waals surface area contributed by atoms with Crippen molar-refractivity contribution in [2.45, 2.75) is 58.9 Å². The number of likely N-dealkylation sites (tertiary alicyclic amines) is 1. The first-order valence-corrected chi connectivity index (χ1v) is 9.77. The summed E-state index contributed by atoms with van der Waals surface area (Å²) < 4.78 is 5.66. The van der Waals surface area contributed by atoms with Gasteiger partial charge in [0, 0.05) is 23.7 Å². The maximum Gasteiger partial charge on any atom is 0.252 e. The minimum absolute atomic E-state index is 0.0433. The van der Waals surface area contributed by atoms with Gasteiger partial charge in [-0.25, -0.2) is 0 Å². The van der Waals surface area contributed by atoms with E-state index in [2.05, 4.69) is 37.9 Å². The van der Waals surface area contributed by atoms with Crippen LogP contribution in [0.1, 0.15) is 63.7 Å². The molecule has 0 saturated carbocycles. The van der Waals surface area contributed by atoms with Gasteiger partial charge in [-0.3, -0.25) is 4.79 Å². The van der Waals surface area contributed by atoms with E-state index in [0.29, 0.717) is 23.8 Å². The van der Waals surface area contributed by atoms with Gasteiger partial charge in [-0.2, -0.15) is 0 Å². The molecule has 0 spiro atoms. The van der Waals surface area contributed by atoms with Crippen LogP contribution in [0.25, 0.3) is 0 Å². The number of aromatic hydroxyl groups is 1. The fraction of sp³-hybridized carbons (Fsp3) is 0.667. The van der Waals surface area contributed by atoms with Crippen molar-refractivity contribution in [2.75, 3.05) is 26.2 Å². The smallest absolute Gasteiger partial charge is 0.252 e. The Kier molecular flexibility index (Phi) is 7.33. The Hall–Kier alpha value is -1.75. The second-order valence-electron chi connectivity index (χ2n) is 8.45. The Labute approximate surface area is 157 Å². The molecule has 1 heterocycles. The summed E-state index contributed by atoms with van der Waals surface area (Å²) in [5.41, 5.74) is 0.0824. The second kappa shape index (κ2) is 9.26. The maximum absolute atomic E-state index is 12.7. The molecule has 0 unspecified atom stereocenters. The first-order chi connectivity index (χ1) is 12.2. The number of carbonyl (C=O) groups is 1. The molecule has 1 aromatic rings. The Morgan fingerprint density at radius 2 is 1.85 bits per heavy atom. The van der Waals surface area contributed by atoms with Crippen molar-refractivity contribution in [3.05, 3.63) is 23.8 Å². The fourth-order valence-electron chi connectivity index (χ4n) is 3.33. The molecule has 0 aromatic heterocycles. The van der Waals surface area contributed by atoms with E-state index in [-0.39, 0.29) is 17.2 Å². The van der Waals surface area contributed by atoms with Gasteiger partial charge in [0.25, 0.3) is 5.91 Å². The van der Waals surface area contributed by atoms with Gasteiger partial charge >= 0.3 is 0 Å². The van der Waals surface area contributed by atoms with Crippen molar-refractivity contribution in [3.8, 4) is 11.5 Å². The minimum Gasteiger partial charge on any atom is -0.508 e. The van der Waals surface area contributed by atoms with Crippen molar-refractivity contribution in [3.63, 3.8) is 0 Å². The number of phenols is 1. The molecular formula is C21H34N2O3. The van der Waals surface area contributed by atoms with Crippen molar-refractivity contribution in [1.29, 1.82) is 0 Å². The van der Waals surface area contributed by atoms with E-state index in [4.69, 9.17) is 4.74 Å². The molecule has 26 heavy (non-hydrogen) atoms. The zero-order valence-electron chi connectivity index (χ0n) is 16.7. The van der Waals surface area contributed by atoms with E-state index in [0.717, 1.165) is 19.6 Å². The third kappa shape index (κ3) is 6.87. The van der Waals surface area contributed by atoms with Gasteiger partial charge in [-0.1, -0.05) is 26.7 Å². The molecule has 1 saturated heterocycles. The zero-order valence-corrected chi connectivity index (χ0v) is 16.7. The molecule has 1 aromatic carbocycles. The number of carbonyl (C=O) groups excluding carboxylic acids is 1. The van der Waals surface area contributed by atoms with Gasteiger partial charge in [0.05, 0.1) is 6.61 Å². The lowest BCUT2D eigenvalue weighted by atomic mass is 10.0. The van der Waals surface area contributed by atoms with Crippen LogP contribution >= 0.6 is 0 Å². The lowest BCUT2D eigenvalue weighted by Gasteiger charge is -2.33. The van der Waals surface area contributed by atoms with E-state index in [9.17, 15) is 9.90 Å². The molecule has 0 aliphatic carbocycles. The highest BCUT2D eigenvalue weighted by Crippen LogP contribution is 2.23. The molecule has 0 radical (unpaired) electrons. The van der Waals surface area contributed by atoms with Gasteiger partial charge in [-0.05, 0) is 57.8 Å². The van der Waals surface area contributed by atoms with Crippen molar-refractivity contribution < 1.29 is 14.6 Å². The molecule has 2 N–H and O–H groups in total. The van der Waals surface area contributed by atoms with Crippen LogP contribution in [-0.2, 0) is 0 Å². The summed E-state index contributed by atoms with van der Waals surface area (Å²) in [4.78, 5) is 15.2. The molecule has 0 bridgehead atoms. The normalized spacial score (nSPS) is 16.3. The Bertz CT molecular complexity index is 591. The minimum atomic E-state index is -0.341. The summed E-state index contributed by atoms with van der Waals surface area (Å²) in [6, 6.07) is 4.72. The first-order valence-electron chi connectivity index (χ1n) is 9.77. The number of hydrogen-bond acceptors (Lipinski definition) is 4. The molecule has 1 amide bonds. The van der Waals surface area contributed by atoms with Gasteiger partial charge in [-0.15, -0.1) is 0 Å². The predicted octanol–water partition coefficient (Wildman–Crippen LogP) is 3.81. The highest BCUT2D eigenvalue weighted by Gasteiger charge is 2.25. The van der Waals surface area contributed by atoms with Crippen LogP contribution in [0, 0.1) is 5.92 Å². The fourth-order valence-corrected chi connectivity index (χ4v) is 3.33. The van der Waals surface area contributed by atoms with E-state index < -0.39 is 0 Å². The monoisotopic (exact) mass is 362 g/mol. The summed E-state index contributed by atoms with van der Waals surface area (Å²) in [5.74, 6) is 0.758. The molecule has 5 nitrogen and oxygen atoms in total. The molecule has 0 atom stereocenters. The molecule has 1 aliphatic rings. The van der Waals surface area contributed by atoms with E-state index in [1.54, 1.807) is 12.1 Å². The van der Waals surface area contributed by atoms with E-state index in [1.165, 1.54) is 31.7 Å². The highest BCUT2D eigenvalue weighted by molar-refractivity contribution is 5.95. The summed E-state index contributed by atoms with van der Waals surface area (Å²) in [6.45, 7) is 11.8. The highest BCUT2D eigenvalue weighted by atomic mass is 16.5. The Morgan fingerprint density at radius 1 is 1.19 bits per heavy atom. The molecule has 5 heteroatoms. The lowest BCUT2D eigenvalue weighted by Crippen LogP contribution is -2.51. The number of nitrogens with zero attached hydrogens (tertiary/aromatic N) is 1. The molecule has 146 valence electrons. The second-order valence-corrected chi connectivity index (χ2v) is 8.45. The number of ether oxygens (including phenoxy) is 1. The van der Waals surface area contributed by atoms with Crippen molar-refractivity contribution in [2.24, 2.45) is 5.92 Å². The topological polar surface area (TPSA) is 61.8 Å². The van der Waals surface area contributed by atoms with Gasteiger partial charge in [0.15, 0.2) is 0 Å². The quantitative estimate of drug-likeness (QED) is 0.774. The number of hydrogen-bond donors (Lipinski definition) is 2. The van der Waals surface area contributed by atoms with Crippen molar-refractivity contribution >= 4 is 5.91 Å². The van der Waals surface area contributed by atoms with Gasteiger partial charge in [0.2, 0.25) is 0 Å². The standard InChI is InChI=1S/C21H34N2O3/c1-16(2)14-26-19-12-17(11-18(24)13-19)20(25)22-21(3,4)15-23-9-7-5-6-8-10-23/h11-13,16,24H,5-10,14-15H2,1-4H3,(H,22,25). The van der Waals surface area contributed by atoms with Gasteiger partial charge < -0.3 is 20.1 Å². The molecule has 2 rings (SSSR count). The SMILES string of the molecule is CC(C)COc1cc(O)cc(C(=O)NC(C)(C)CN2CCCCCC2)c1. The number of phenolic OH excluding ortho intramolecular Hbond substituents is 1. The van der Waals surface area contributed by atoms with Crippen LogP contribution in [0.2, 0.25) is 0 Å². The van der Waals surface area contributed by atoms with Crippen LogP contribution in [0.4, 0.5) is 0 Å². The lowest BCUT2D eigenvalue weighted by molar-refractivity contribution is 0.0887. The third-order valence-corrected chi connectivity index (χ3v) is 4.51.